The maximum atomic E-state index is 12.7. The first-order valence-corrected chi connectivity index (χ1v) is 9.18. The second-order valence-corrected chi connectivity index (χ2v) is 6.49. The summed E-state index contributed by atoms with van der Waals surface area (Å²) in [6.45, 7) is 0.183. The van der Waals surface area contributed by atoms with Gasteiger partial charge in [-0.15, -0.1) is 0 Å². The van der Waals surface area contributed by atoms with Gasteiger partial charge in [0, 0.05) is 13.2 Å². The van der Waals surface area contributed by atoms with Crippen LogP contribution in [-0.4, -0.2) is 57.5 Å². The first kappa shape index (κ1) is 21.0. The minimum absolute atomic E-state index is 0.0104. The average Bonchev–Trinajstić information content (AvgIpc) is 3.22. The molecule has 0 aliphatic heterocycles. The Labute approximate surface area is 173 Å². The van der Waals surface area contributed by atoms with Crippen molar-refractivity contribution >= 4 is 12.0 Å². The zero-order chi connectivity index (χ0) is 21.5. The highest BCUT2D eigenvalue weighted by atomic mass is 16.5. The van der Waals surface area contributed by atoms with Gasteiger partial charge in [0.2, 0.25) is 5.69 Å². The van der Waals surface area contributed by atoms with Crippen LogP contribution in [0.5, 0.6) is 5.75 Å². The second-order valence-electron chi connectivity index (χ2n) is 6.49. The Morgan fingerprint density at radius 1 is 1.17 bits per heavy atom. The summed E-state index contributed by atoms with van der Waals surface area (Å²) in [5, 5.41) is 14.3. The van der Waals surface area contributed by atoms with Gasteiger partial charge in [0.25, 0.3) is 0 Å². The van der Waals surface area contributed by atoms with Crippen molar-refractivity contribution in [2.24, 2.45) is 0 Å². The van der Waals surface area contributed by atoms with Crippen molar-refractivity contribution in [3.05, 3.63) is 77.9 Å². The van der Waals surface area contributed by atoms with Crippen LogP contribution in [0.4, 0.5) is 4.79 Å². The van der Waals surface area contributed by atoms with Gasteiger partial charge in [-0.3, -0.25) is 4.98 Å². The number of nitrogens with zero attached hydrogens (tertiary/aromatic N) is 4. The molecular formula is C21H22N4O5. The lowest BCUT2D eigenvalue weighted by atomic mass is 10.2. The first-order valence-electron chi connectivity index (χ1n) is 9.18. The smallest absolute Gasteiger partial charge is 0.362 e. The summed E-state index contributed by atoms with van der Waals surface area (Å²) in [7, 11) is 2.73. The lowest BCUT2D eigenvalue weighted by molar-refractivity contribution is 0.0588. The minimum atomic E-state index is -0.968. The van der Waals surface area contributed by atoms with E-state index in [1.54, 1.807) is 24.4 Å². The van der Waals surface area contributed by atoms with Gasteiger partial charge in [0.1, 0.15) is 12.7 Å². The topological polar surface area (TPSA) is 107 Å². The summed E-state index contributed by atoms with van der Waals surface area (Å²) in [6.07, 6.45) is 1.92. The molecule has 0 spiro atoms. The van der Waals surface area contributed by atoms with Crippen molar-refractivity contribution in [3.63, 3.8) is 0 Å². The van der Waals surface area contributed by atoms with Crippen molar-refractivity contribution in [2.75, 3.05) is 20.7 Å². The fourth-order valence-electron chi connectivity index (χ4n) is 2.71. The molecule has 1 atom stereocenters. The fourth-order valence-corrected chi connectivity index (χ4v) is 2.71. The SMILES string of the molecule is COC(=O)c1nn(C(=O)N(C)C[C@H](O)c2ccccn2)cc1OCc1ccccc1. The summed E-state index contributed by atoms with van der Waals surface area (Å²) in [5.41, 5.74) is 1.23. The third-order valence-corrected chi connectivity index (χ3v) is 4.30. The largest absolute Gasteiger partial charge is 0.485 e. The van der Waals surface area contributed by atoms with E-state index in [0.717, 1.165) is 10.2 Å². The molecule has 0 aliphatic rings. The average molecular weight is 410 g/mol. The molecule has 156 valence electrons. The highest BCUT2D eigenvalue weighted by molar-refractivity contribution is 5.91. The molecular weight excluding hydrogens is 388 g/mol. The Kier molecular flexibility index (Phi) is 6.76. The number of ether oxygens (including phenoxy) is 2. The molecule has 0 saturated carbocycles. The van der Waals surface area contributed by atoms with Crippen molar-refractivity contribution in [2.45, 2.75) is 12.7 Å². The van der Waals surface area contributed by atoms with E-state index in [-0.39, 0.29) is 24.6 Å². The van der Waals surface area contributed by atoms with E-state index in [4.69, 9.17) is 9.47 Å². The number of aliphatic hydroxyl groups is 1. The number of likely N-dealkylation sites (N-methyl/N-ethyl adjacent to an activating group) is 1. The van der Waals surface area contributed by atoms with Crippen molar-refractivity contribution in [1.29, 1.82) is 0 Å². The van der Waals surface area contributed by atoms with Gasteiger partial charge in [-0.1, -0.05) is 36.4 Å². The molecule has 0 saturated heterocycles. The predicted molar refractivity (Wildman–Crippen MR) is 107 cm³/mol. The zero-order valence-electron chi connectivity index (χ0n) is 16.6. The molecule has 3 aromatic rings. The number of aromatic nitrogens is 3. The third-order valence-electron chi connectivity index (χ3n) is 4.30. The summed E-state index contributed by atoms with van der Waals surface area (Å²) < 4.78 is 11.4. The van der Waals surface area contributed by atoms with Gasteiger partial charge >= 0.3 is 12.0 Å². The van der Waals surface area contributed by atoms with E-state index in [0.29, 0.717) is 5.69 Å². The van der Waals surface area contributed by atoms with Gasteiger partial charge in [0.05, 0.1) is 25.5 Å². The van der Waals surface area contributed by atoms with E-state index < -0.39 is 18.1 Å². The number of pyridine rings is 1. The van der Waals surface area contributed by atoms with Gasteiger partial charge < -0.3 is 19.5 Å². The molecule has 0 radical (unpaired) electrons. The van der Waals surface area contributed by atoms with Crippen molar-refractivity contribution in [1.82, 2.24) is 19.7 Å². The Morgan fingerprint density at radius 3 is 2.57 bits per heavy atom. The maximum absolute atomic E-state index is 12.7. The molecule has 9 nitrogen and oxygen atoms in total. The van der Waals surface area contributed by atoms with E-state index >= 15 is 0 Å². The summed E-state index contributed by atoms with van der Waals surface area (Å²) >= 11 is 0. The molecule has 0 aliphatic carbocycles. The number of rotatable bonds is 7. The minimum Gasteiger partial charge on any atom is -0.485 e. The molecule has 0 unspecified atom stereocenters. The van der Waals surface area contributed by atoms with Crippen molar-refractivity contribution < 1.29 is 24.2 Å². The molecule has 3 rings (SSSR count). The summed E-state index contributed by atoms with van der Waals surface area (Å²) in [4.78, 5) is 30.2. The highest BCUT2D eigenvalue weighted by Crippen LogP contribution is 2.20. The fraction of sp³-hybridized carbons (Fsp3) is 0.238. The molecule has 1 N–H and O–H groups in total. The number of carbonyl (C=O) groups is 2. The number of benzene rings is 1. The molecule has 2 heterocycles. The number of hydrogen-bond donors (Lipinski definition) is 1. The standard InChI is InChI=1S/C21H22N4O5/c1-24(12-17(26)16-10-6-7-11-22-16)21(28)25-13-18(19(23-25)20(27)29-2)30-14-15-8-4-3-5-9-15/h3-11,13,17,26H,12,14H2,1-2H3/t17-/m0/s1. The molecule has 9 heteroatoms. The zero-order valence-corrected chi connectivity index (χ0v) is 16.6. The third kappa shape index (κ3) is 5.00. The van der Waals surface area contributed by atoms with E-state index in [2.05, 4.69) is 10.1 Å². The monoisotopic (exact) mass is 410 g/mol. The normalized spacial score (nSPS) is 11.6. The summed E-state index contributed by atoms with van der Waals surface area (Å²) in [6, 6.07) is 14.0. The number of aliphatic hydroxyl groups excluding tert-OH is 1. The lowest BCUT2D eigenvalue weighted by Gasteiger charge is -2.20. The van der Waals surface area contributed by atoms with Crippen LogP contribution in [0.1, 0.15) is 27.8 Å². The molecule has 1 amide bonds. The number of amides is 1. The molecule has 2 aromatic heterocycles. The van der Waals surface area contributed by atoms with Gasteiger partial charge in [-0.05, 0) is 17.7 Å². The number of carbonyl (C=O) groups excluding carboxylic acids is 2. The van der Waals surface area contributed by atoms with E-state index in [9.17, 15) is 14.7 Å². The van der Waals surface area contributed by atoms with Crippen LogP contribution in [0.25, 0.3) is 0 Å². The van der Waals surface area contributed by atoms with Crippen LogP contribution >= 0.6 is 0 Å². The van der Waals surface area contributed by atoms with Crippen molar-refractivity contribution in [3.8, 4) is 5.75 Å². The second kappa shape index (κ2) is 9.66. The molecule has 0 bridgehead atoms. The van der Waals surface area contributed by atoms with Gasteiger partial charge in [-0.2, -0.15) is 9.78 Å². The van der Waals surface area contributed by atoms with Crippen LogP contribution in [0.3, 0.4) is 0 Å². The van der Waals surface area contributed by atoms with Crippen LogP contribution in [-0.2, 0) is 11.3 Å². The molecule has 1 aromatic carbocycles. The Morgan fingerprint density at radius 2 is 1.90 bits per heavy atom. The predicted octanol–water partition coefficient (Wildman–Crippen LogP) is 2.28. The van der Waals surface area contributed by atoms with Gasteiger partial charge in [-0.25, -0.2) is 9.59 Å². The molecule has 30 heavy (non-hydrogen) atoms. The lowest BCUT2D eigenvalue weighted by Crippen LogP contribution is -2.35. The first-order chi connectivity index (χ1) is 14.5. The Balaban J connectivity index is 1.74. The Hall–Kier alpha value is -3.72. The van der Waals surface area contributed by atoms with Crippen LogP contribution in [0, 0.1) is 0 Å². The van der Waals surface area contributed by atoms with Gasteiger partial charge in [0.15, 0.2) is 5.75 Å². The van der Waals surface area contributed by atoms with Crippen LogP contribution in [0.15, 0.2) is 60.9 Å². The van der Waals surface area contributed by atoms with E-state index in [1.165, 1.54) is 25.3 Å². The quantitative estimate of drug-likeness (QED) is 0.596. The number of hydrogen-bond acceptors (Lipinski definition) is 7. The Bertz CT molecular complexity index is 991. The van der Waals surface area contributed by atoms with Crippen LogP contribution in [0.2, 0.25) is 0 Å². The van der Waals surface area contributed by atoms with Crippen LogP contribution < -0.4 is 4.74 Å². The highest BCUT2D eigenvalue weighted by Gasteiger charge is 2.24. The summed E-state index contributed by atoms with van der Waals surface area (Å²) in [5.74, 6) is -0.599. The molecule has 0 fully saturated rings. The van der Waals surface area contributed by atoms with E-state index in [1.807, 2.05) is 30.3 Å². The number of esters is 1. The number of methoxy groups -OCH3 is 1. The maximum Gasteiger partial charge on any atom is 0.362 e.